The predicted octanol–water partition coefficient (Wildman–Crippen LogP) is 2.90. The van der Waals surface area contributed by atoms with Gasteiger partial charge in [-0.2, -0.15) is 0 Å². The fourth-order valence-corrected chi connectivity index (χ4v) is 1.84. The molecule has 0 saturated carbocycles. The van der Waals surface area contributed by atoms with Gasteiger partial charge in [-0.3, -0.25) is 4.79 Å². The van der Waals surface area contributed by atoms with E-state index in [1.807, 2.05) is 13.8 Å². The molecule has 1 unspecified atom stereocenters. The molecule has 1 amide bonds. The van der Waals surface area contributed by atoms with Crippen molar-refractivity contribution in [1.82, 2.24) is 5.32 Å². The van der Waals surface area contributed by atoms with Gasteiger partial charge in [0.1, 0.15) is 0 Å². The van der Waals surface area contributed by atoms with Crippen molar-refractivity contribution in [3.05, 3.63) is 0 Å². The fourth-order valence-electron chi connectivity index (χ4n) is 1.84. The van der Waals surface area contributed by atoms with Crippen molar-refractivity contribution in [3.8, 4) is 0 Å². The van der Waals surface area contributed by atoms with Crippen LogP contribution in [-0.4, -0.2) is 38.4 Å². The monoisotopic (exact) mass is 273 g/mol. The Morgan fingerprint density at radius 1 is 1.05 bits per heavy atom. The maximum absolute atomic E-state index is 11.8. The molecule has 0 fully saturated rings. The molecule has 0 bridgehead atoms. The van der Waals surface area contributed by atoms with E-state index in [9.17, 15) is 4.79 Å². The molecule has 0 aromatic carbocycles. The van der Waals surface area contributed by atoms with Crippen LogP contribution < -0.4 is 5.32 Å². The summed E-state index contributed by atoms with van der Waals surface area (Å²) in [5.74, 6) is 0.136. The molecule has 114 valence electrons. The van der Waals surface area contributed by atoms with Gasteiger partial charge >= 0.3 is 0 Å². The summed E-state index contributed by atoms with van der Waals surface area (Å²) in [6.07, 6.45) is 5.96. The molecule has 4 heteroatoms. The van der Waals surface area contributed by atoms with Crippen LogP contribution in [0.4, 0.5) is 0 Å². The summed E-state index contributed by atoms with van der Waals surface area (Å²) in [7, 11) is 0. The largest absolute Gasteiger partial charge is 0.382 e. The van der Waals surface area contributed by atoms with E-state index in [1.165, 1.54) is 12.8 Å². The highest BCUT2D eigenvalue weighted by Gasteiger charge is 2.12. The molecule has 0 radical (unpaired) electrons. The number of rotatable bonds is 13. The van der Waals surface area contributed by atoms with Crippen LogP contribution in [0, 0.1) is 0 Å². The lowest BCUT2D eigenvalue weighted by atomic mass is 10.1. The van der Waals surface area contributed by atoms with Crippen LogP contribution in [0.5, 0.6) is 0 Å². The molecule has 0 aliphatic carbocycles. The van der Waals surface area contributed by atoms with E-state index in [4.69, 9.17) is 9.47 Å². The Morgan fingerprint density at radius 3 is 2.42 bits per heavy atom. The van der Waals surface area contributed by atoms with Gasteiger partial charge in [0, 0.05) is 26.2 Å². The smallest absolute Gasteiger partial charge is 0.220 e. The number of hydrogen-bond acceptors (Lipinski definition) is 3. The van der Waals surface area contributed by atoms with Gasteiger partial charge in [-0.1, -0.05) is 26.2 Å². The first-order chi connectivity index (χ1) is 9.24. The number of carbonyl (C=O) groups excluding carboxylic acids is 1. The first-order valence-electron chi connectivity index (χ1n) is 7.69. The quantitative estimate of drug-likeness (QED) is 0.525. The van der Waals surface area contributed by atoms with E-state index in [2.05, 4.69) is 12.2 Å². The highest BCUT2D eigenvalue weighted by molar-refractivity contribution is 5.76. The fraction of sp³-hybridized carbons (Fsp3) is 0.933. The van der Waals surface area contributed by atoms with E-state index in [0.29, 0.717) is 32.8 Å². The molecular weight excluding hydrogens is 242 g/mol. The second kappa shape index (κ2) is 13.8. The maximum atomic E-state index is 11.8. The first kappa shape index (κ1) is 18.4. The molecule has 0 spiro atoms. The Balaban J connectivity index is 3.82. The minimum absolute atomic E-state index is 0.0742. The normalized spacial score (nSPS) is 12.4. The summed E-state index contributed by atoms with van der Waals surface area (Å²) in [4.78, 5) is 11.8. The molecule has 1 N–H and O–H groups in total. The van der Waals surface area contributed by atoms with Crippen LogP contribution in [0.15, 0.2) is 0 Å². The lowest BCUT2D eigenvalue weighted by molar-refractivity contribution is -0.122. The molecule has 4 nitrogen and oxygen atoms in total. The van der Waals surface area contributed by atoms with Crippen LogP contribution in [0.2, 0.25) is 0 Å². The molecule has 0 saturated heterocycles. The van der Waals surface area contributed by atoms with Crippen molar-refractivity contribution >= 4 is 5.91 Å². The Hall–Kier alpha value is -0.610. The maximum Gasteiger partial charge on any atom is 0.220 e. The van der Waals surface area contributed by atoms with Crippen molar-refractivity contribution < 1.29 is 14.3 Å². The lowest BCUT2D eigenvalue weighted by Crippen LogP contribution is -2.39. The summed E-state index contributed by atoms with van der Waals surface area (Å²) < 4.78 is 10.7. The van der Waals surface area contributed by atoms with Crippen LogP contribution in [-0.2, 0) is 14.3 Å². The second-order valence-electron chi connectivity index (χ2n) is 4.72. The zero-order valence-electron chi connectivity index (χ0n) is 12.9. The molecule has 0 rings (SSSR count). The summed E-state index contributed by atoms with van der Waals surface area (Å²) in [5, 5.41) is 3.04. The Kier molecular flexibility index (Phi) is 13.4. The third-order valence-electron chi connectivity index (χ3n) is 2.96. The highest BCUT2D eigenvalue weighted by Crippen LogP contribution is 2.03. The van der Waals surface area contributed by atoms with Crippen molar-refractivity contribution in [1.29, 1.82) is 0 Å². The van der Waals surface area contributed by atoms with Crippen LogP contribution in [0.25, 0.3) is 0 Å². The summed E-state index contributed by atoms with van der Waals surface area (Å²) in [6, 6.07) is 0.0742. The number of hydrogen-bond donors (Lipinski definition) is 1. The lowest BCUT2D eigenvalue weighted by Gasteiger charge is -2.18. The van der Waals surface area contributed by atoms with E-state index in [0.717, 1.165) is 19.3 Å². The van der Waals surface area contributed by atoms with Crippen LogP contribution >= 0.6 is 0 Å². The van der Waals surface area contributed by atoms with Gasteiger partial charge in [-0.15, -0.1) is 0 Å². The zero-order valence-corrected chi connectivity index (χ0v) is 12.9. The van der Waals surface area contributed by atoms with Gasteiger partial charge < -0.3 is 14.8 Å². The molecular formula is C15H31NO3. The Bertz CT molecular complexity index is 210. The molecule has 0 aliphatic rings. The topological polar surface area (TPSA) is 47.6 Å². The third kappa shape index (κ3) is 12.2. The van der Waals surface area contributed by atoms with E-state index in [-0.39, 0.29) is 11.9 Å². The number of nitrogens with one attached hydrogen (secondary N) is 1. The second-order valence-corrected chi connectivity index (χ2v) is 4.72. The van der Waals surface area contributed by atoms with Gasteiger partial charge in [0.2, 0.25) is 5.91 Å². The minimum atomic E-state index is 0.0742. The van der Waals surface area contributed by atoms with Crippen molar-refractivity contribution in [2.45, 2.75) is 65.3 Å². The Morgan fingerprint density at radius 2 is 1.79 bits per heavy atom. The molecule has 19 heavy (non-hydrogen) atoms. The zero-order chi connectivity index (χ0) is 14.3. The molecule has 0 heterocycles. The Labute approximate surface area is 118 Å². The van der Waals surface area contributed by atoms with E-state index < -0.39 is 0 Å². The van der Waals surface area contributed by atoms with Gasteiger partial charge in [-0.05, 0) is 26.7 Å². The van der Waals surface area contributed by atoms with Gasteiger partial charge in [-0.25, -0.2) is 0 Å². The summed E-state index contributed by atoms with van der Waals surface area (Å²) in [6.45, 7) is 8.75. The highest BCUT2D eigenvalue weighted by atomic mass is 16.5. The van der Waals surface area contributed by atoms with Crippen LogP contribution in [0.1, 0.15) is 59.3 Å². The summed E-state index contributed by atoms with van der Waals surface area (Å²) >= 11 is 0. The van der Waals surface area contributed by atoms with Crippen molar-refractivity contribution in [2.75, 3.05) is 26.4 Å². The number of amides is 1. The molecule has 0 aromatic rings. The van der Waals surface area contributed by atoms with E-state index >= 15 is 0 Å². The molecule has 0 aliphatic heterocycles. The SMILES string of the molecule is CCCCCCC(=O)NC(CCOCC)COCC. The van der Waals surface area contributed by atoms with Gasteiger partial charge in [0.15, 0.2) is 0 Å². The predicted molar refractivity (Wildman–Crippen MR) is 78.3 cm³/mol. The minimum Gasteiger partial charge on any atom is -0.382 e. The molecule has 1 atom stereocenters. The number of carbonyl (C=O) groups is 1. The third-order valence-corrected chi connectivity index (χ3v) is 2.96. The van der Waals surface area contributed by atoms with Crippen molar-refractivity contribution in [3.63, 3.8) is 0 Å². The van der Waals surface area contributed by atoms with Crippen LogP contribution in [0.3, 0.4) is 0 Å². The van der Waals surface area contributed by atoms with Crippen molar-refractivity contribution in [2.24, 2.45) is 0 Å². The van der Waals surface area contributed by atoms with E-state index in [1.54, 1.807) is 0 Å². The van der Waals surface area contributed by atoms with Gasteiger partial charge in [0.25, 0.3) is 0 Å². The average Bonchev–Trinajstić information content (AvgIpc) is 2.41. The number of ether oxygens (including phenoxy) is 2. The molecule has 0 aromatic heterocycles. The summed E-state index contributed by atoms with van der Waals surface area (Å²) in [5.41, 5.74) is 0. The first-order valence-corrected chi connectivity index (χ1v) is 7.69. The average molecular weight is 273 g/mol. The standard InChI is InChI=1S/C15H31NO3/c1-4-7-8-9-10-15(17)16-14(13-19-6-3)11-12-18-5-2/h14H,4-13H2,1-3H3,(H,16,17). The number of unbranched alkanes of at least 4 members (excludes halogenated alkanes) is 3. The van der Waals surface area contributed by atoms with Gasteiger partial charge in [0.05, 0.1) is 12.6 Å².